The van der Waals surface area contributed by atoms with Gasteiger partial charge in [0.15, 0.2) is 5.58 Å². The summed E-state index contributed by atoms with van der Waals surface area (Å²) in [6.07, 6.45) is 4.03. The third-order valence-electron chi connectivity index (χ3n) is 8.10. The van der Waals surface area contributed by atoms with Crippen LogP contribution in [0.15, 0.2) is 59.1 Å². The van der Waals surface area contributed by atoms with Crippen LogP contribution in [0.4, 0.5) is 4.39 Å². The van der Waals surface area contributed by atoms with Crippen molar-refractivity contribution in [2.75, 3.05) is 20.3 Å². The van der Waals surface area contributed by atoms with Crippen LogP contribution in [-0.2, 0) is 25.5 Å². The molecule has 4 aromatic rings. The number of amides is 1. The minimum absolute atomic E-state index is 0.01000. The van der Waals surface area contributed by atoms with Crippen molar-refractivity contribution in [3.8, 4) is 11.6 Å². The lowest BCUT2D eigenvalue weighted by Crippen LogP contribution is -2.40. The lowest BCUT2D eigenvalue weighted by Gasteiger charge is -2.30. The zero-order chi connectivity index (χ0) is 27.6. The highest BCUT2D eigenvalue weighted by molar-refractivity contribution is 5.93. The molecule has 2 aliphatic rings. The number of halogens is 1. The highest BCUT2D eigenvalue weighted by Crippen LogP contribution is 2.31. The van der Waals surface area contributed by atoms with E-state index < -0.39 is 6.17 Å². The van der Waals surface area contributed by atoms with E-state index in [1.807, 2.05) is 48.5 Å². The first-order chi connectivity index (χ1) is 19.5. The standard InChI is InChI=1S/C31H32FN3O5/c1-38-31(37)21-7-9-24(10-8-21)39-18-23-16-22(32)17-35(23)28(36)15-19-6-11-26-27(14-19)40-30(34-26)29-25-5-3-2-4-20(25)12-13-33-29/h2-6,11-14,21-24H,7-10,15-18H2,1H3/t21?,22-,23-,24?/m0/s1. The molecule has 1 aliphatic heterocycles. The molecule has 2 atom stereocenters. The van der Waals surface area contributed by atoms with Crippen LogP contribution in [0.1, 0.15) is 37.7 Å². The first-order valence-corrected chi connectivity index (χ1v) is 13.8. The number of aromatic nitrogens is 2. The van der Waals surface area contributed by atoms with Gasteiger partial charge < -0.3 is 18.8 Å². The van der Waals surface area contributed by atoms with E-state index >= 15 is 0 Å². The highest BCUT2D eigenvalue weighted by Gasteiger charge is 2.36. The number of methoxy groups -OCH3 is 1. The first kappa shape index (κ1) is 26.4. The number of pyridine rings is 1. The molecule has 2 fully saturated rings. The molecule has 40 heavy (non-hydrogen) atoms. The van der Waals surface area contributed by atoms with Crippen molar-refractivity contribution >= 4 is 33.7 Å². The number of likely N-dealkylation sites (tertiary alicyclic amines) is 1. The highest BCUT2D eigenvalue weighted by atomic mass is 19.1. The van der Waals surface area contributed by atoms with Gasteiger partial charge in [0.05, 0.1) is 44.7 Å². The molecule has 0 radical (unpaired) electrons. The Kier molecular flexibility index (Phi) is 7.47. The molecule has 2 aromatic carbocycles. The Labute approximate surface area is 231 Å². The van der Waals surface area contributed by atoms with E-state index in [0.717, 1.165) is 42.0 Å². The molecule has 1 saturated carbocycles. The molecule has 0 N–H and O–H groups in total. The van der Waals surface area contributed by atoms with E-state index in [-0.39, 0.29) is 49.3 Å². The van der Waals surface area contributed by atoms with Crippen LogP contribution in [0.25, 0.3) is 33.5 Å². The van der Waals surface area contributed by atoms with Crippen LogP contribution >= 0.6 is 0 Å². The number of fused-ring (bicyclic) bond motifs is 2. The maximum atomic E-state index is 14.4. The number of benzene rings is 2. The summed E-state index contributed by atoms with van der Waals surface area (Å²) in [7, 11) is 1.41. The Bertz CT molecular complexity index is 1520. The smallest absolute Gasteiger partial charge is 0.308 e. The molecule has 8 nitrogen and oxygen atoms in total. The van der Waals surface area contributed by atoms with Crippen molar-refractivity contribution < 1.29 is 27.9 Å². The normalized spacial score (nSPS) is 23.1. The lowest BCUT2D eigenvalue weighted by molar-refractivity contribution is -0.148. The second-order valence-electron chi connectivity index (χ2n) is 10.7. The van der Waals surface area contributed by atoms with Crippen LogP contribution < -0.4 is 0 Å². The Hall–Kier alpha value is -3.85. The average molecular weight is 546 g/mol. The fourth-order valence-electron chi connectivity index (χ4n) is 5.95. The van der Waals surface area contributed by atoms with Crippen molar-refractivity contribution in [3.05, 3.63) is 60.3 Å². The van der Waals surface area contributed by atoms with Gasteiger partial charge in [-0.3, -0.25) is 14.6 Å². The second kappa shape index (κ2) is 11.3. The number of carbonyl (C=O) groups excluding carboxylic acids is 2. The van der Waals surface area contributed by atoms with Crippen molar-refractivity contribution in [1.82, 2.24) is 14.9 Å². The zero-order valence-corrected chi connectivity index (χ0v) is 22.4. The van der Waals surface area contributed by atoms with E-state index in [0.29, 0.717) is 29.3 Å². The summed E-state index contributed by atoms with van der Waals surface area (Å²) >= 11 is 0. The molecule has 9 heteroatoms. The quantitative estimate of drug-likeness (QED) is 0.292. The van der Waals surface area contributed by atoms with Crippen LogP contribution in [0.5, 0.6) is 0 Å². The van der Waals surface area contributed by atoms with Gasteiger partial charge in [0.1, 0.15) is 17.4 Å². The fraction of sp³-hybridized carbons (Fsp3) is 0.419. The van der Waals surface area contributed by atoms with Gasteiger partial charge in [-0.1, -0.05) is 30.3 Å². The van der Waals surface area contributed by atoms with Crippen molar-refractivity contribution in [2.24, 2.45) is 5.92 Å². The minimum Gasteiger partial charge on any atom is -0.469 e. The summed E-state index contributed by atoms with van der Waals surface area (Å²) in [4.78, 5) is 35.8. The molecule has 3 heterocycles. The van der Waals surface area contributed by atoms with Gasteiger partial charge in [-0.15, -0.1) is 0 Å². The maximum absolute atomic E-state index is 14.4. The predicted octanol–water partition coefficient (Wildman–Crippen LogP) is 5.27. The Balaban J connectivity index is 1.11. The number of carbonyl (C=O) groups is 2. The third-order valence-corrected chi connectivity index (χ3v) is 8.10. The number of esters is 1. The van der Waals surface area contributed by atoms with Gasteiger partial charge in [-0.2, -0.15) is 0 Å². The van der Waals surface area contributed by atoms with Crippen LogP contribution in [0.2, 0.25) is 0 Å². The molecule has 0 bridgehead atoms. The fourth-order valence-corrected chi connectivity index (χ4v) is 5.95. The largest absolute Gasteiger partial charge is 0.469 e. The van der Waals surface area contributed by atoms with Gasteiger partial charge in [0, 0.05) is 18.0 Å². The molecular formula is C31H32FN3O5. The van der Waals surface area contributed by atoms with Crippen molar-refractivity contribution in [3.63, 3.8) is 0 Å². The van der Waals surface area contributed by atoms with E-state index in [2.05, 4.69) is 9.97 Å². The molecular weight excluding hydrogens is 513 g/mol. The molecule has 1 saturated heterocycles. The SMILES string of the molecule is COC(=O)C1CCC(OC[C@@H]2C[C@H](F)CN2C(=O)Cc2ccc3nc(-c4nccc5ccccc45)oc3c2)CC1. The summed E-state index contributed by atoms with van der Waals surface area (Å²) in [5.74, 6) is 0.0350. The minimum atomic E-state index is -1.07. The van der Waals surface area contributed by atoms with Gasteiger partial charge in [0.25, 0.3) is 0 Å². The molecule has 1 aliphatic carbocycles. The molecule has 1 amide bonds. The van der Waals surface area contributed by atoms with E-state index in [1.165, 1.54) is 7.11 Å². The summed E-state index contributed by atoms with van der Waals surface area (Å²) in [5, 5.41) is 2.00. The van der Waals surface area contributed by atoms with Gasteiger partial charge >= 0.3 is 5.97 Å². The molecule has 0 spiro atoms. The number of nitrogens with zero attached hydrogens (tertiary/aromatic N) is 3. The van der Waals surface area contributed by atoms with Crippen LogP contribution in [0, 0.1) is 5.92 Å². The summed E-state index contributed by atoms with van der Waals surface area (Å²) < 4.78 is 31.4. The monoisotopic (exact) mass is 545 g/mol. The lowest BCUT2D eigenvalue weighted by atomic mass is 9.87. The number of alkyl halides is 1. The van der Waals surface area contributed by atoms with Gasteiger partial charge in [-0.05, 0) is 54.8 Å². The van der Waals surface area contributed by atoms with Crippen molar-refractivity contribution in [1.29, 1.82) is 0 Å². The van der Waals surface area contributed by atoms with E-state index in [9.17, 15) is 14.0 Å². The second-order valence-corrected chi connectivity index (χ2v) is 10.7. The van der Waals surface area contributed by atoms with Gasteiger partial charge in [-0.25, -0.2) is 9.37 Å². The summed E-state index contributed by atoms with van der Waals surface area (Å²) in [6.45, 7) is 0.367. The van der Waals surface area contributed by atoms with Crippen LogP contribution in [-0.4, -0.2) is 65.3 Å². The Morgan fingerprint density at radius 3 is 2.75 bits per heavy atom. The van der Waals surface area contributed by atoms with Crippen molar-refractivity contribution in [2.45, 2.75) is 56.8 Å². The summed E-state index contributed by atoms with van der Waals surface area (Å²) in [5.41, 5.74) is 2.69. The average Bonchev–Trinajstić information content (AvgIpc) is 3.58. The molecule has 2 aromatic heterocycles. The van der Waals surface area contributed by atoms with E-state index in [1.54, 1.807) is 11.1 Å². The third kappa shape index (κ3) is 5.43. The number of hydrogen-bond acceptors (Lipinski definition) is 7. The zero-order valence-electron chi connectivity index (χ0n) is 22.4. The molecule has 0 unspecified atom stereocenters. The number of rotatable bonds is 7. The maximum Gasteiger partial charge on any atom is 0.308 e. The number of ether oxygens (including phenoxy) is 2. The Morgan fingerprint density at radius 2 is 1.93 bits per heavy atom. The number of oxazole rings is 1. The van der Waals surface area contributed by atoms with E-state index in [4.69, 9.17) is 13.9 Å². The topological polar surface area (TPSA) is 94.8 Å². The number of hydrogen-bond donors (Lipinski definition) is 0. The summed E-state index contributed by atoms with van der Waals surface area (Å²) in [6, 6.07) is 15.1. The van der Waals surface area contributed by atoms with Crippen LogP contribution in [0.3, 0.4) is 0 Å². The molecule has 208 valence electrons. The Morgan fingerprint density at radius 1 is 1.10 bits per heavy atom. The first-order valence-electron chi connectivity index (χ1n) is 13.8. The predicted molar refractivity (Wildman–Crippen MR) is 147 cm³/mol. The molecule has 6 rings (SSSR count). The van der Waals surface area contributed by atoms with Gasteiger partial charge in [0.2, 0.25) is 11.8 Å².